The minimum atomic E-state index is -3.19. The number of rotatable bonds is 4. The second-order valence-corrected chi connectivity index (χ2v) is 13.5. The Hall–Kier alpha value is -1.13. The zero-order valence-corrected chi connectivity index (χ0v) is 23.7. The molecule has 1 N–H and O–H groups in total. The van der Waals surface area contributed by atoms with Gasteiger partial charge in [0, 0.05) is 0 Å². The van der Waals surface area contributed by atoms with Crippen molar-refractivity contribution in [1.29, 1.82) is 0 Å². The third kappa shape index (κ3) is 6.06. The van der Waals surface area contributed by atoms with Crippen LogP contribution in [0.1, 0.15) is 98.8 Å². The second kappa shape index (κ2) is 12.4. The topological polar surface area (TPSA) is 54.4 Å². The van der Waals surface area contributed by atoms with Gasteiger partial charge in [-0.1, -0.05) is 70.9 Å². The van der Waals surface area contributed by atoms with Crippen molar-refractivity contribution in [3.8, 4) is 0 Å². The van der Waals surface area contributed by atoms with E-state index in [0.29, 0.717) is 22.1 Å². The molecular formula is C31H50O3S. The highest BCUT2D eigenvalue weighted by Gasteiger charge is 2.55. The van der Waals surface area contributed by atoms with Crippen LogP contribution in [0.25, 0.3) is 0 Å². The highest BCUT2D eigenvalue weighted by molar-refractivity contribution is 7.91. The lowest BCUT2D eigenvalue weighted by Crippen LogP contribution is -2.46. The van der Waals surface area contributed by atoms with E-state index in [9.17, 15) is 13.5 Å². The molecule has 0 saturated heterocycles. The van der Waals surface area contributed by atoms with Crippen molar-refractivity contribution in [3.05, 3.63) is 42.0 Å². The number of hydrogen-bond acceptors (Lipinski definition) is 3. The number of allylic oxidation sites excluding steroid dienone is 1. The zero-order chi connectivity index (χ0) is 25.6. The summed E-state index contributed by atoms with van der Waals surface area (Å²) < 4.78 is 25.7. The maximum absolute atomic E-state index is 12.8. The molecule has 4 heteroatoms. The number of fused-ring (bicyclic) bond motifs is 5. The number of benzene rings is 1. The fourth-order valence-corrected chi connectivity index (χ4v) is 9.28. The molecule has 0 radical (unpaired) electrons. The molecule has 7 atom stereocenters. The van der Waals surface area contributed by atoms with E-state index in [-0.39, 0.29) is 11.9 Å². The lowest BCUT2D eigenvalue weighted by Gasteiger charge is -2.53. The van der Waals surface area contributed by atoms with Crippen LogP contribution in [0, 0.1) is 35.0 Å². The Kier molecular flexibility index (Phi) is 10.1. The summed E-state index contributed by atoms with van der Waals surface area (Å²) >= 11 is 0. The molecule has 3 nitrogen and oxygen atoms in total. The average Bonchev–Trinajstić information content (AvgIpc) is 3.21. The van der Waals surface area contributed by atoms with Gasteiger partial charge in [-0.3, -0.25) is 0 Å². The molecule has 3 saturated carbocycles. The minimum absolute atomic E-state index is 0.125. The molecule has 1 aromatic carbocycles. The summed E-state index contributed by atoms with van der Waals surface area (Å²) in [5.41, 5.74) is 1.84. The third-order valence-corrected chi connectivity index (χ3v) is 11.2. The summed E-state index contributed by atoms with van der Waals surface area (Å²) in [4.78, 5) is 0.470. The average molecular weight is 503 g/mol. The van der Waals surface area contributed by atoms with Crippen LogP contribution in [0.3, 0.4) is 0 Å². The zero-order valence-electron chi connectivity index (χ0n) is 22.9. The highest BCUT2D eigenvalue weighted by Crippen LogP contribution is 2.63. The van der Waals surface area contributed by atoms with Gasteiger partial charge in [0.05, 0.1) is 16.8 Å². The molecular weight excluding hydrogens is 452 g/mol. The molecule has 0 amide bonds. The van der Waals surface area contributed by atoms with Crippen LogP contribution in [0.5, 0.6) is 0 Å². The van der Waals surface area contributed by atoms with Crippen molar-refractivity contribution in [2.24, 2.45) is 35.0 Å². The number of hydrogen-bond donors (Lipinski definition) is 1. The van der Waals surface area contributed by atoms with E-state index < -0.39 is 9.84 Å². The summed E-state index contributed by atoms with van der Waals surface area (Å²) in [6.45, 7) is 10.7. The smallest absolute Gasteiger partial charge is 0.178 e. The first kappa shape index (κ1) is 28.4. The molecule has 0 spiro atoms. The number of sulfone groups is 1. The predicted octanol–water partition coefficient (Wildman–Crippen LogP) is 7.84. The summed E-state index contributed by atoms with van der Waals surface area (Å²) in [5.74, 6) is 3.81. The molecule has 3 fully saturated rings. The van der Waals surface area contributed by atoms with Gasteiger partial charge in [-0.15, -0.1) is 0 Å². The number of aliphatic hydroxyl groups excluding tert-OH is 1. The van der Waals surface area contributed by atoms with Crippen LogP contribution in [0.15, 0.2) is 46.9 Å². The van der Waals surface area contributed by atoms with E-state index in [0.717, 1.165) is 43.4 Å². The van der Waals surface area contributed by atoms with Crippen LogP contribution in [-0.2, 0) is 9.84 Å². The van der Waals surface area contributed by atoms with E-state index >= 15 is 0 Å². The predicted molar refractivity (Wildman–Crippen MR) is 147 cm³/mol. The summed E-state index contributed by atoms with van der Waals surface area (Å²) in [7, 11) is -3.19. The Morgan fingerprint density at radius 3 is 2.34 bits per heavy atom. The lowest BCUT2D eigenvalue weighted by atomic mass is 9.51. The Morgan fingerprint density at radius 1 is 0.971 bits per heavy atom. The van der Waals surface area contributed by atoms with E-state index in [2.05, 4.69) is 26.8 Å². The Balaban J connectivity index is 0.000000638. The molecule has 0 aromatic heterocycles. The van der Waals surface area contributed by atoms with Gasteiger partial charge in [0.1, 0.15) is 0 Å². The molecule has 198 valence electrons. The molecule has 1 aromatic rings. The van der Waals surface area contributed by atoms with Crippen LogP contribution < -0.4 is 0 Å². The molecule has 4 aliphatic rings. The minimum Gasteiger partial charge on any atom is -0.393 e. The normalized spacial score (nSPS) is 35.7. The Bertz CT molecular complexity index is 922. The van der Waals surface area contributed by atoms with Gasteiger partial charge >= 0.3 is 0 Å². The molecule has 0 aliphatic heterocycles. The van der Waals surface area contributed by atoms with Gasteiger partial charge in [-0.05, 0) is 105 Å². The van der Waals surface area contributed by atoms with Crippen molar-refractivity contribution >= 4 is 9.84 Å². The van der Waals surface area contributed by atoms with Gasteiger partial charge in [0.25, 0.3) is 0 Å². The largest absolute Gasteiger partial charge is 0.393 e. The molecule has 0 bridgehead atoms. The quantitative estimate of drug-likeness (QED) is 0.427. The van der Waals surface area contributed by atoms with Crippen LogP contribution in [0.2, 0.25) is 0 Å². The fraction of sp³-hybridized carbons (Fsp3) is 0.742. The van der Waals surface area contributed by atoms with E-state index in [4.69, 9.17) is 0 Å². The Labute approximate surface area is 215 Å². The fourth-order valence-electron chi connectivity index (χ4n) is 7.88. The first-order valence-corrected chi connectivity index (χ1v) is 16.1. The van der Waals surface area contributed by atoms with Crippen molar-refractivity contribution in [2.45, 2.75) is 110 Å². The van der Waals surface area contributed by atoms with Gasteiger partial charge in [-0.2, -0.15) is 0 Å². The summed E-state index contributed by atoms with van der Waals surface area (Å²) in [5, 5.41) is 10.1. The van der Waals surface area contributed by atoms with E-state index in [1.807, 2.05) is 32.0 Å². The van der Waals surface area contributed by atoms with Crippen molar-refractivity contribution in [1.82, 2.24) is 0 Å². The van der Waals surface area contributed by atoms with Gasteiger partial charge in [0.2, 0.25) is 0 Å². The standard InChI is InChI=1S/C26H36O3S.C3H8.C2H6/c1-26-15-13-23-22-11-9-20(27)17-18(22)7-10-24(23)25(26)12-8-19(26)14-16-30(28,29)21-5-3-2-4-6-21;1-3-2;1-2/h2-7,19-20,22-25,27H,8-17H2,1H3;3H2,1-2H3;1-2H3. The number of aliphatic hydroxyl groups is 1. The maximum Gasteiger partial charge on any atom is 0.178 e. The van der Waals surface area contributed by atoms with E-state index in [1.54, 1.807) is 17.7 Å². The third-order valence-electron chi connectivity index (χ3n) is 9.45. The highest BCUT2D eigenvalue weighted by atomic mass is 32.2. The summed E-state index contributed by atoms with van der Waals surface area (Å²) in [6.07, 6.45) is 13.6. The lowest BCUT2D eigenvalue weighted by molar-refractivity contribution is -0.0186. The van der Waals surface area contributed by atoms with Gasteiger partial charge < -0.3 is 5.11 Å². The second-order valence-electron chi connectivity index (χ2n) is 11.4. The van der Waals surface area contributed by atoms with Crippen molar-refractivity contribution in [3.63, 3.8) is 0 Å². The molecule has 0 heterocycles. The van der Waals surface area contributed by atoms with Crippen LogP contribution in [-0.4, -0.2) is 25.4 Å². The Morgan fingerprint density at radius 2 is 1.66 bits per heavy atom. The van der Waals surface area contributed by atoms with Crippen LogP contribution >= 0.6 is 0 Å². The maximum atomic E-state index is 12.8. The van der Waals surface area contributed by atoms with Gasteiger partial charge in [0.15, 0.2) is 9.84 Å². The first-order valence-electron chi connectivity index (χ1n) is 14.4. The molecule has 5 rings (SSSR count). The first-order chi connectivity index (χ1) is 16.8. The van der Waals surface area contributed by atoms with E-state index in [1.165, 1.54) is 38.5 Å². The molecule has 35 heavy (non-hydrogen) atoms. The van der Waals surface area contributed by atoms with Crippen molar-refractivity contribution < 1.29 is 13.5 Å². The van der Waals surface area contributed by atoms with Gasteiger partial charge in [-0.25, -0.2) is 8.42 Å². The monoisotopic (exact) mass is 502 g/mol. The molecule has 4 aliphatic carbocycles. The molecule has 7 unspecified atom stereocenters. The van der Waals surface area contributed by atoms with Crippen LogP contribution in [0.4, 0.5) is 0 Å². The SMILES string of the molecule is CC.CC12CCC3C4CCC(O)CC4=CCC3C1CCC2CCS(=O)(=O)c1ccccc1.CCC. The van der Waals surface area contributed by atoms with Crippen molar-refractivity contribution in [2.75, 3.05) is 5.75 Å². The summed E-state index contributed by atoms with van der Waals surface area (Å²) in [6, 6.07) is 8.96.